The minimum Gasteiger partial charge on any atom is -0.338 e. The van der Waals surface area contributed by atoms with E-state index in [0.717, 1.165) is 64.1 Å². The van der Waals surface area contributed by atoms with Gasteiger partial charge in [-0.3, -0.25) is 14.6 Å². The number of hydrogen-bond donors (Lipinski definition) is 2. The van der Waals surface area contributed by atoms with Crippen molar-refractivity contribution in [3.05, 3.63) is 48.3 Å². The van der Waals surface area contributed by atoms with Crippen LogP contribution in [0.4, 0.5) is 16.4 Å². The molecular formula is C26H35N7O2. The maximum absolute atomic E-state index is 12.4. The van der Waals surface area contributed by atoms with Gasteiger partial charge in [0.1, 0.15) is 0 Å². The summed E-state index contributed by atoms with van der Waals surface area (Å²) in [7, 11) is 0. The fourth-order valence-electron chi connectivity index (χ4n) is 5.76. The van der Waals surface area contributed by atoms with Crippen molar-refractivity contribution in [3.8, 4) is 0 Å². The van der Waals surface area contributed by atoms with Crippen molar-refractivity contribution in [1.29, 1.82) is 0 Å². The van der Waals surface area contributed by atoms with Crippen molar-refractivity contribution in [2.45, 2.75) is 25.8 Å². The molecule has 1 aromatic carbocycles. The first kappa shape index (κ1) is 23.7. The van der Waals surface area contributed by atoms with Gasteiger partial charge in [-0.05, 0) is 68.5 Å². The summed E-state index contributed by atoms with van der Waals surface area (Å²) in [5.41, 5.74) is 1.33. The smallest absolute Gasteiger partial charge is 0.319 e. The molecule has 9 heteroatoms. The summed E-state index contributed by atoms with van der Waals surface area (Å²) in [6.07, 6.45) is 6.02. The van der Waals surface area contributed by atoms with E-state index in [1.807, 2.05) is 18.5 Å². The van der Waals surface area contributed by atoms with Crippen LogP contribution in [0.2, 0.25) is 0 Å². The molecule has 2 amide bonds. The number of benzene rings is 1. The van der Waals surface area contributed by atoms with E-state index in [1.165, 1.54) is 13.3 Å². The zero-order valence-corrected chi connectivity index (χ0v) is 20.4. The average molecular weight is 478 g/mol. The molecule has 9 nitrogen and oxygen atoms in total. The van der Waals surface area contributed by atoms with Gasteiger partial charge in [0.25, 0.3) is 0 Å². The number of ketones is 1. The number of piperazine rings is 1. The van der Waals surface area contributed by atoms with Crippen LogP contribution in [-0.2, 0) is 0 Å². The van der Waals surface area contributed by atoms with E-state index in [4.69, 9.17) is 0 Å². The van der Waals surface area contributed by atoms with Crippen LogP contribution in [-0.4, -0.2) is 90.0 Å². The quantitative estimate of drug-likeness (QED) is 0.591. The molecule has 6 rings (SSSR count). The second-order valence-electron chi connectivity index (χ2n) is 10.00. The first-order chi connectivity index (χ1) is 17.0. The topological polar surface area (TPSA) is 93.7 Å². The maximum Gasteiger partial charge on any atom is 0.319 e. The van der Waals surface area contributed by atoms with Crippen LogP contribution in [0.15, 0.2) is 42.7 Å². The van der Waals surface area contributed by atoms with E-state index in [1.54, 1.807) is 24.3 Å². The van der Waals surface area contributed by atoms with Crippen LogP contribution >= 0.6 is 0 Å². The van der Waals surface area contributed by atoms with Gasteiger partial charge in [0, 0.05) is 75.5 Å². The van der Waals surface area contributed by atoms with Crippen molar-refractivity contribution >= 4 is 23.5 Å². The number of rotatable bonds is 7. The van der Waals surface area contributed by atoms with Gasteiger partial charge in [0.15, 0.2) is 5.78 Å². The van der Waals surface area contributed by atoms with Crippen LogP contribution in [0.3, 0.4) is 0 Å². The fraction of sp³-hybridized carbons (Fsp3) is 0.538. The lowest BCUT2D eigenvalue weighted by molar-refractivity contribution is -0.0114. The van der Waals surface area contributed by atoms with E-state index >= 15 is 0 Å². The molecule has 0 aliphatic carbocycles. The SMILES string of the molecule is CC(=O)c1ccc(NC(=O)NCC2CC3CCN2CC3CN2CCN(c3ncccn3)CC2)cc1. The minimum atomic E-state index is -0.194. The Hall–Kier alpha value is -3.04. The molecule has 4 aliphatic heterocycles. The number of Topliss-reactive ketones (excluding diaryl/α,β-unsaturated/α-hetero) is 1. The Morgan fingerprint density at radius 2 is 1.77 bits per heavy atom. The summed E-state index contributed by atoms with van der Waals surface area (Å²) >= 11 is 0. The molecule has 0 saturated carbocycles. The number of amides is 2. The highest BCUT2D eigenvalue weighted by atomic mass is 16.2. The molecule has 0 spiro atoms. The van der Waals surface area contributed by atoms with Crippen molar-refractivity contribution < 1.29 is 9.59 Å². The summed E-state index contributed by atoms with van der Waals surface area (Å²) in [6.45, 7) is 9.66. The van der Waals surface area contributed by atoms with E-state index in [0.29, 0.717) is 29.8 Å². The standard InChI is InChI=1S/C26H35N7O2/c1-19(34)20-3-5-23(6-4-20)30-26(35)29-16-24-15-21-7-10-33(24)18-22(21)17-31-11-13-32(14-12-31)25-27-8-2-9-28-25/h2-6,8-9,21-22,24H,7,10-18H2,1H3,(H2,29,30,35). The molecule has 2 bridgehead atoms. The van der Waals surface area contributed by atoms with Gasteiger partial charge in [-0.1, -0.05) is 0 Å². The Bertz CT molecular complexity index is 1010. The van der Waals surface area contributed by atoms with Crippen LogP contribution < -0.4 is 15.5 Å². The molecular weight excluding hydrogens is 442 g/mol. The molecule has 2 N–H and O–H groups in total. The Kier molecular flexibility index (Phi) is 7.24. The number of piperidine rings is 3. The number of carbonyl (C=O) groups is 2. The summed E-state index contributed by atoms with van der Waals surface area (Å²) in [5, 5.41) is 5.92. The zero-order valence-electron chi connectivity index (χ0n) is 20.4. The predicted octanol–water partition coefficient (Wildman–Crippen LogP) is 2.33. The van der Waals surface area contributed by atoms with Crippen molar-refractivity contribution in [1.82, 2.24) is 25.1 Å². The lowest BCUT2D eigenvalue weighted by Gasteiger charge is -2.51. The van der Waals surface area contributed by atoms with Crippen molar-refractivity contribution in [3.63, 3.8) is 0 Å². The largest absolute Gasteiger partial charge is 0.338 e. The predicted molar refractivity (Wildman–Crippen MR) is 136 cm³/mol. The highest BCUT2D eigenvalue weighted by Gasteiger charge is 2.40. The first-order valence-electron chi connectivity index (χ1n) is 12.7. The van der Waals surface area contributed by atoms with E-state index in [-0.39, 0.29) is 11.8 Å². The lowest BCUT2D eigenvalue weighted by atomic mass is 9.75. The summed E-state index contributed by atoms with van der Waals surface area (Å²) in [4.78, 5) is 40.0. The Morgan fingerprint density at radius 1 is 1.03 bits per heavy atom. The van der Waals surface area contributed by atoms with E-state index in [9.17, 15) is 9.59 Å². The highest BCUT2D eigenvalue weighted by molar-refractivity contribution is 5.95. The van der Waals surface area contributed by atoms with Crippen LogP contribution in [0.25, 0.3) is 0 Å². The third-order valence-corrected chi connectivity index (χ3v) is 7.76. The maximum atomic E-state index is 12.4. The van der Waals surface area contributed by atoms with Crippen molar-refractivity contribution in [2.75, 3.05) is 62.6 Å². The molecule has 1 aromatic heterocycles. The van der Waals surface area contributed by atoms with E-state index in [2.05, 4.69) is 35.3 Å². The van der Waals surface area contributed by atoms with E-state index < -0.39 is 0 Å². The molecule has 0 radical (unpaired) electrons. The summed E-state index contributed by atoms with van der Waals surface area (Å²) < 4.78 is 0. The number of nitrogens with zero attached hydrogens (tertiary/aromatic N) is 5. The summed E-state index contributed by atoms with van der Waals surface area (Å²) in [6, 6.07) is 9.07. The molecule has 2 aromatic rings. The minimum absolute atomic E-state index is 0.0183. The second kappa shape index (κ2) is 10.7. The first-order valence-corrected chi connectivity index (χ1v) is 12.7. The van der Waals surface area contributed by atoms with Crippen molar-refractivity contribution in [2.24, 2.45) is 11.8 Å². The van der Waals surface area contributed by atoms with Gasteiger partial charge < -0.3 is 15.5 Å². The molecule has 35 heavy (non-hydrogen) atoms. The molecule has 4 fully saturated rings. The number of carbonyl (C=O) groups excluding carboxylic acids is 2. The average Bonchev–Trinajstić information content (AvgIpc) is 2.89. The molecule has 5 heterocycles. The normalized spacial score (nSPS) is 26.4. The van der Waals surface area contributed by atoms with Gasteiger partial charge in [-0.25, -0.2) is 14.8 Å². The van der Waals surface area contributed by atoms with Crippen LogP contribution in [0.5, 0.6) is 0 Å². The third-order valence-electron chi connectivity index (χ3n) is 7.76. The Morgan fingerprint density at radius 3 is 2.43 bits per heavy atom. The number of anilines is 2. The molecule has 4 aliphatic rings. The zero-order chi connectivity index (χ0) is 24.2. The second-order valence-corrected chi connectivity index (χ2v) is 10.00. The number of fused-ring (bicyclic) bond motifs is 3. The molecule has 4 atom stereocenters. The van der Waals surface area contributed by atoms with Gasteiger partial charge in [-0.2, -0.15) is 0 Å². The number of urea groups is 1. The monoisotopic (exact) mass is 477 g/mol. The van der Waals surface area contributed by atoms with Gasteiger partial charge in [0.05, 0.1) is 0 Å². The number of aromatic nitrogens is 2. The molecule has 4 unspecified atom stereocenters. The van der Waals surface area contributed by atoms with Gasteiger partial charge in [0.2, 0.25) is 5.95 Å². The Labute approximate surface area is 206 Å². The third kappa shape index (κ3) is 5.79. The Balaban J connectivity index is 1.05. The van der Waals surface area contributed by atoms with Crippen LogP contribution in [0.1, 0.15) is 30.1 Å². The number of hydrogen-bond acceptors (Lipinski definition) is 7. The summed E-state index contributed by atoms with van der Waals surface area (Å²) in [5.74, 6) is 2.28. The fourth-order valence-corrected chi connectivity index (χ4v) is 5.76. The van der Waals surface area contributed by atoms with Gasteiger partial charge in [-0.15, -0.1) is 0 Å². The highest BCUT2D eigenvalue weighted by Crippen LogP contribution is 2.36. The molecule has 186 valence electrons. The molecule has 4 saturated heterocycles. The van der Waals surface area contributed by atoms with Gasteiger partial charge >= 0.3 is 6.03 Å². The lowest BCUT2D eigenvalue weighted by Crippen LogP contribution is -2.59. The van der Waals surface area contributed by atoms with Crippen LogP contribution in [0, 0.1) is 11.8 Å². The number of nitrogens with one attached hydrogen (secondary N) is 2.